The Labute approximate surface area is 160 Å². The molecule has 0 radical (unpaired) electrons. The molecule has 1 N–H and O–H groups in total. The summed E-state index contributed by atoms with van der Waals surface area (Å²) >= 11 is 3.24. The van der Waals surface area contributed by atoms with Crippen molar-refractivity contribution in [2.75, 3.05) is 6.54 Å². The number of sulfonamides is 1. The van der Waals surface area contributed by atoms with Crippen LogP contribution in [0.3, 0.4) is 0 Å². The topological polar surface area (TPSA) is 59.1 Å². The Morgan fingerprint density at radius 1 is 0.962 bits per heavy atom. The van der Waals surface area contributed by atoms with Gasteiger partial charge in [0, 0.05) is 18.3 Å². The molecule has 4 rings (SSSR count). The van der Waals surface area contributed by atoms with Crippen molar-refractivity contribution in [3.05, 3.63) is 71.1 Å². The Balaban J connectivity index is 1.43. The van der Waals surface area contributed by atoms with Crippen molar-refractivity contribution in [3.8, 4) is 9.88 Å². The first-order valence-corrected chi connectivity index (χ1v) is 11.3. The average Bonchev–Trinajstić information content (AvgIpc) is 3.32. The number of aromatic nitrogens is 1. The van der Waals surface area contributed by atoms with E-state index in [9.17, 15) is 8.42 Å². The first-order chi connectivity index (χ1) is 12.6. The molecule has 2 heterocycles. The van der Waals surface area contributed by atoms with Crippen LogP contribution in [0.1, 0.15) is 5.69 Å². The highest BCUT2D eigenvalue weighted by Crippen LogP contribution is 2.27. The molecule has 0 aliphatic carbocycles. The molecule has 0 aliphatic rings. The number of rotatable bonds is 6. The van der Waals surface area contributed by atoms with E-state index in [0.717, 1.165) is 26.4 Å². The average molecular weight is 401 g/mol. The molecule has 0 bridgehead atoms. The fraction of sp³-hybridized carbons (Fsp3) is 0.105. The van der Waals surface area contributed by atoms with Gasteiger partial charge in [-0.25, -0.2) is 18.1 Å². The maximum absolute atomic E-state index is 12.5. The van der Waals surface area contributed by atoms with E-state index in [4.69, 9.17) is 0 Å². The van der Waals surface area contributed by atoms with E-state index in [1.165, 1.54) is 0 Å². The van der Waals surface area contributed by atoms with Crippen molar-refractivity contribution >= 4 is 43.5 Å². The number of nitrogens with one attached hydrogen (secondary N) is 1. The summed E-state index contributed by atoms with van der Waals surface area (Å²) in [6.07, 6.45) is 0.564. The van der Waals surface area contributed by atoms with Crippen LogP contribution in [0.25, 0.3) is 20.7 Å². The molecule has 4 nitrogen and oxygen atoms in total. The van der Waals surface area contributed by atoms with Crippen LogP contribution in [0.15, 0.2) is 70.3 Å². The lowest BCUT2D eigenvalue weighted by molar-refractivity contribution is 0.581. The van der Waals surface area contributed by atoms with Gasteiger partial charge in [0.15, 0.2) is 0 Å². The molecule has 0 fully saturated rings. The minimum atomic E-state index is -3.53. The van der Waals surface area contributed by atoms with Crippen LogP contribution in [0.4, 0.5) is 0 Å². The van der Waals surface area contributed by atoms with Gasteiger partial charge >= 0.3 is 0 Å². The quantitative estimate of drug-likeness (QED) is 0.517. The van der Waals surface area contributed by atoms with E-state index in [-0.39, 0.29) is 4.90 Å². The summed E-state index contributed by atoms with van der Waals surface area (Å²) in [4.78, 5) is 6.00. The molecular formula is C19H16N2O2S3. The Kier molecular flexibility index (Phi) is 4.86. The molecule has 0 spiro atoms. The Bertz CT molecular complexity index is 1130. The second kappa shape index (κ2) is 7.28. The van der Waals surface area contributed by atoms with Crippen LogP contribution < -0.4 is 4.72 Å². The first kappa shape index (κ1) is 17.4. The van der Waals surface area contributed by atoms with Crippen molar-refractivity contribution < 1.29 is 8.42 Å². The second-order valence-corrected chi connectivity index (χ2v) is 9.35. The molecule has 0 aliphatic heterocycles. The lowest BCUT2D eigenvalue weighted by Gasteiger charge is -2.07. The number of hydrogen-bond acceptors (Lipinski definition) is 5. The molecule has 0 saturated carbocycles. The smallest absolute Gasteiger partial charge is 0.240 e. The van der Waals surface area contributed by atoms with E-state index >= 15 is 0 Å². The summed E-state index contributed by atoms with van der Waals surface area (Å²) in [5.74, 6) is 0. The molecule has 2 aromatic carbocycles. The number of hydrogen-bond donors (Lipinski definition) is 1. The summed E-state index contributed by atoms with van der Waals surface area (Å²) < 4.78 is 27.7. The highest BCUT2D eigenvalue weighted by atomic mass is 32.2. The van der Waals surface area contributed by atoms with Gasteiger partial charge in [0.1, 0.15) is 5.01 Å². The molecule has 132 valence electrons. The predicted molar refractivity (Wildman–Crippen MR) is 108 cm³/mol. The van der Waals surface area contributed by atoms with Crippen LogP contribution in [0, 0.1) is 0 Å². The summed E-state index contributed by atoms with van der Waals surface area (Å²) in [6.45, 7) is 0.322. The van der Waals surface area contributed by atoms with E-state index in [0.29, 0.717) is 13.0 Å². The molecule has 0 saturated heterocycles. The number of thiophene rings is 1. The predicted octanol–water partition coefficient (Wildman–Crippen LogP) is 4.55. The summed E-state index contributed by atoms with van der Waals surface area (Å²) in [6, 6.07) is 16.9. The van der Waals surface area contributed by atoms with E-state index in [2.05, 4.69) is 9.71 Å². The van der Waals surface area contributed by atoms with Crippen molar-refractivity contribution in [3.63, 3.8) is 0 Å². The standard InChI is InChI=1S/C19H16N2O2S3/c22-26(23,17-8-7-14-4-1-2-5-15(14)12-17)20-10-9-16-13-25-19(21-16)18-6-3-11-24-18/h1-8,11-13,20H,9-10H2. The van der Waals surface area contributed by atoms with Crippen LogP contribution in [0.2, 0.25) is 0 Å². The maximum atomic E-state index is 12.5. The normalized spacial score (nSPS) is 11.8. The van der Waals surface area contributed by atoms with E-state index in [1.54, 1.807) is 34.8 Å². The molecule has 4 aromatic rings. The van der Waals surface area contributed by atoms with Gasteiger partial charge in [-0.1, -0.05) is 36.4 Å². The van der Waals surface area contributed by atoms with E-state index < -0.39 is 10.0 Å². The van der Waals surface area contributed by atoms with Gasteiger partial charge in [-0.05, 0) is 34.4 Å². The fourth-order valence-corrected chi connectivity index (χ4v) is 5.40. The largest absolute Gasteiger partial charge is 0.240 e. The van der Waals surface area contributed by atoms with Gasteiger partial charge in [0.05, 0.1) is 15.5 Å². The SMILES string of the molecule is O=S(=O)(NCCc1csc(-c2cccs2)n1)c1ccc2ccccc2c1. The van der Waals surface area contributed by atoms with Gasteiger partial charge < -0.3 is 0 Å². The first-order valence-electron chi connectivity index (χ1n) is 8.08. The molecule has 0 atom stereocenters. The molecule has 2 aromatic heterocycles. The number of fused-ring (bicyclic) bond motifs is 1. The zero-order valence-electron chi connectivity index (χ0n) is 13.8. The number of thiazole rings is 1. The zero-order chi connectivity index (χ0) is 18.0. The molecule has 7 heteroatoms. The highest BCUT2D eigenvalue weighted by Gasteiger charge is 2.14. The zero-order valence-corrected chi connectivity index (χ0v) is 16.2. The van der Waals surface area contributed by atoms with Gasteiger partial charge in [-0.15, -0.1) is 22.7 Å². The Morgan fingerprint density at radius 3 is 2.62 bits per heavy atom. The van der Waals surface area contributed by atoms with Crippen LogP contribution in [-0.4, -0.2) is 19.9 Å². The minimum absolute atomic E-state index is 0.286. The third kappa shape index (κ3) is 3.71. The third-order valence-electron chi connectivity index (χ3n) is 3.99. The fourth-order valence-electron chi connectivity index (χ4n) is 2.67. The van der Waals surface area contributed by atoms with Gasteiger partial charge in [0.2, 0.25) is 10.0 Å². The Morgan fingerprint density at radius 2 is 1.81 bits per heavy atom. The minimum Gasteiger partial charge on any atom is -0.240 e. The van der Waals surface area contributed by atoms with Crippen molar-refractivity contribution in [2.45, 2.75) is 11.3 Å². The molecule has 0 amide bonds. The van der Waals surface area contributed by atoms with Gasteiger partial charge in [-0.2, -0.15) is 0 Å². The van der Waals surface area contributed by atoms with Crippen LogP contribution in [-0.2, 0) is 16.4 Å². The molecule has 0 unspecified atom stereocenters. The van der Waals surface area contributed by atoms with Crippen molar-refractivity contribution in [2.24, 2.45) is 0 Å². The summed E-state index contributed by atoms with van der Waals surface area (Å²) in [5, 5.41) is 6.92. The molecular weight excluding hydrogens is 384 g/mol. The second-order valence-electron chi connectivity index (χ2n) is 5.78. The van der Waals surface area contributed by atoms with Crippen molar-refractivity contribution in [1.29, 1.82) is 0 Å². The highest BCUT2D eigenvalue weighted by molar-refractivity contribution is 7.89. The Hall–Kier alpha value is -2.06. The van der Waals surface area contributed by atoms with Gasteiger partial charge in [0.25, 0.3) is 0 Å². The maximum Gasteiger partial charge on any atom is 0.240 e. The third-order valence-corrected chi connectivity index (χ3v) is 7.38. The van der Waals surface area contributed by atoms with E-state index in [1.807, 2.05) is 53.2 Å². The van der Waals surface area contributed by atoms with Crippen LogP contribution >= 0.6 is 22.7 Å². The lowest BCUT2D eigenvalue weighted by atomic mass is 10.1. The van der Waals surface area contributed by atoms with Crippen molar-refractivity contribution in [1.82, 2.24) is 9.71 Å². The summed E-state index contributed by atoms with van der Waals surface area (Å²) in [5.41, 5.74) is 0.902. The summed E-state index contributed by atoms with van der Waals surface area (Å²) in [7, 11) is -3.53. The molecule has 26 heavy (non-hydrogen) atoms. The number of nitrogens with zero attached hydrogens (tertiary/aromatic N) is 1. The lowest BCUT2D eigenvalue weighted by Crippen LogP contribution is -2.26. The monoisotopic (exact) mass is 400 g/mol. The number of benzene rings is 2. The van der Waals surface area contributed by atoms with Gasteiger partial charge in [-0.3, -0.25) is 0 Å². The van der Waals surface area contributed by atoms with Crippen LogP contribution in [0.5, 0.6) is 0 Å².